The number of hydrogen-bond donors (Lipinski definition) is 2. The van der Waals surface area contributed by atoms with Crippen molar-refractivity contribution in [1.82, 2.24) is 4.72 Å². The molecular formula is C20H20FNO3S. The molecule has 3 rings (SSSR count). The SMILES string of the molecule is O=S(=O)(Cc1ccc(F)cc1)NCCC(O)c1cccc2ccccc12. The number of hydrogen-bond acceptors (Lipinski definition) is 3. The molecule has 1 atom stereocenters. The molecule has 0 fully saturated rings. The van der Waals surface area contributed by atoms with Crippen molar-refractivity contribution in [1.29, 1.82) is 0 Å². The number of sulfonamides is 1. The van der Waals surface area contributed by atoms with E-state index in [1.807, 2.05) is 42.5 Å². The normalized spacial score (nSPS) is 13.0. The molecule has 0 saturated heterocycles. The van der Waals surface area contributed by atoms with E-state index in [4.69, 9.17) is 0 Å². The van der Waals surface area contributed by atoms with Crippen LogP contribution in [-0.2, 0) is 15.8 Å². The third-order valence-electron chi connectivity index (χ3n) is 4.19. The first-order valence-corrected chi connectivity index (χ1v) is 9.97. The van der Waals surface area contributed by atoms with Gasteiger partial charge in [-0.15, -0.1) is 0 Å². The summed E-state index contributed by atoms with van der Waals surface area (Å²) in [6.07, 6.45) is -0.508. The van der Waals surface area contributed by atoms with E-state index in [9.17, 15) is 17.9 Å². The highest BCUT2D eigenvalue weighted by molar-refractivity contribution is 7.88. The van der Waals surface area contributed by atoms with Crippen molar-refractivity contribution in [2.24, 2.45) is 0 Å². The van der Waals surface area contributed by atoms with Gasteiger partial charge in [0.15, 0.2) is 0 Å². The lowest BCUT2D eigenvalue weighted by molar-refractivity contribution is 0.170. The monoisotopic (exact) mass is 373 g/mol. The zero-order valence-electron chi connectivity index (χ0n) is 14.1. The van der Waals surface area contributed by atoms with Gasteiger partial charge in [-0.05, 0) is 40.5 Å². The number of rotatable bonds is 7. The highest BCUT2D eigenvalue weighted by atomic mass is 32.2. The highest BCUT2D eigenvalue weighted by Crippen LogP contribution is 2.25. The van der Waals surface area contributed by atoms with Gasteiger partial charge in [0.05, 0.1) is 11.9 Å². The minimum atomic E-state index is -3.55. The van der Waals surface area contributed by atoms with E-state index in [-0.39, 0.29) is 18.7 Å². The predicted octanol–water partition coefficient (Wildman–Crippen LogP) is 3.52. The van der Waals surface area contributed by atoms with Crippen molar-refractivity contribution >= 4 is 20.8 Å². The van der Waals surface area contributed by atoms with E-state index >= 15 is 0 Å². The first-order valence-electron chi connectivity index (χ1n) is 8.32. The summed E-state index contributed by atoms with van der Waals surface area (Å²) < 4.78 is 39.6. The molecule has 0 spiro atoms. The van der Waals surface area contributed by atoms with Crippen LogP contribution >= 0.6 is 0 Å². The lowest BCUT2D eigenvalue weighted by Crippen LogP contribution is -2.27. The van der Waals surface area contributed by atoms with Gasteiger partial charge in [-0.1, -0.05) is 54.6 Å². The summed E-state index contributed by atoms with van der Waals surface area (Å²) in [6.45, 7) is 0.119. The molecule has 3 aromatic carbocycles. The Kier molecular flexibility index (Phi) is 5.66. The van der Waals surface area contributed by atoms with Crippen LogP contribution in [0.25, 0.3) is 10.8 Å². The minimum absolute atomic E-state index is 0.119. The zero-order chi connectivity index (χ0) is 18.6. The Morgan fingerprint density at radius 2 is 1.65 bits per heavy atom. The fourth-order valence-electron chi connectivity index (χ4n) is 2.90. The average molecular weight is 373 g/mol. The summed E-state index contributed by atoms with van der Waals surface area (Å²) in [4.78, 5) is 0. The largest absolute Gasteiger partial charge is 0.388 e. The number of benzene rings is 3. The molecule has 4 nitrogen and oxygen atoms in total. The molecule has 0 aliphatic heterocycles. The third kappa shape index (κ3) is 4.66. The van der Waals surface area contributed by atoms with Crippen LogP contribution in [0.1, 0.15) is 23.7 Å². The van der Waals surface area contributed by atoms with Crippen LogP contribution in [0.3, 0.4) is 0 Å². The first-order chi connectivity index (χ1) is 12.4. The fourth-order valence-corrected chi connectivity index (χ4v) is 4.06. The van der Waals surface area contributed by atoms with Gasteiger partial charge >= 0.3 is 0 Å². The molecule has 0 saturated carbocycles. The third-order valence-corrected chi connectivity index (χ3v) is 5.55. The molecule has 0 amide bonds. The molecule has 3 aromatic rings. The minimum Gasteiger partial charge on any atom is -0.388 e. The molecule has 1 unspecified atom stereocenters. The second-order valence-electron chi connectivity index (χ2n) is 6.15. The zero-order valence-corrected chi connectivity index (χ0v) is 14.9. The van der Waals surface area contributed by atoms with E-state index in [2.05, 4.69) is 4.72 Å². The first kappa shape index (κ1) is 18.5. The number of halogens is 1. The highest BCUT2D eigenvalue weighted by Gasteiger charge is 2.15. The molecule has 0 bridgehead atoms. The lowest BCUT2D eigenvalue weighted by Gasteiger charge is -2.14. The van der Waals surface area contributed by atoms with Crippen molar-refractivity contribution in [2.45, 2.75) is 18.3 Å². The van der Waals surface area contributed by atoms with Gasteiger partial charge in [0.25, 0.3) is 0 Å². The summed E-state index contributed by atoms with van der Waals surface area (Å²) in [7, 11) is -3.55. The van der Waals surface area contributed by atoms with Crippen molar-refractivity contribution in [2.75, 3.05) is 6.54 Å². The van der Waals surface area contributed by atoms with Crippen LogP contribution in [0.15, 0.2) is 66.7 Å². The van der Waals surface area contributed by atoms with Crippen LogP contribution in [0.4, 0.5) is 4.39 Å². The molecule has 0 aliphatic rings. The summed E-state index contributed by atoms with van der Waals surface area (Å²) in [5.74, 6) is -0.630. The molecule has 0 radical (unpaired) electrons. The average Bonchev–Trinajstić information content (AvgIpc) is 2.62. The van der Waals surface area contributed by atoms with Gasteiger partial charge in [-0.2, -0.15) is 0 Å². The summed E-state index contributed by atoms with van der Waals surface area (Å²) in [5.41, 5.74) is 1.29. The Balaban J connectivity index is 1.60. The Hall–Kier alpha value is -2.28. The van der Waals surface area contributed by atoms with Crippen LogP contribution in [0, 0.1) is 5.82 Å². The van der Waals surface area contributed by atoms with Crippen LogP contribution < -0.4 is 4.72 Å². The number of aliphatic hydroxyl groups is 1. The summed E-state index contributed by atoms with van der Waals surface area (Å²) in [6, 6.07) is 18.8. The van der Waals surface area contributed by atoms with Gasteiger partial charge < -0.3 is 5.11 Å². The summed E-state index contributed by atoms with van der Waals surface area (Å²) in [5, 5.41) is 12.4. The standard InChI is InChI=1S/C20H20FNO3S/c21-17-10-8-15(9-11-17)14-26(24,25)22-13-12-20(23)19-7-3-5-16-4-1-2-6-18(16)19/h1-11,20,22-23H,12-14H2. The molecule has 0 aliphatic carbocycles. The van der Waals surface area contributed by atoms with E-state index < -0.39 is 21.9 Å². The van der Waals surface area contributed by atoms with Gasteiger partial charge in [0, 0.05) is 6.54 Å². The van der Waals surface area contributed by atoms with Crippen LogP contribution in [-0.4, -0.2) is 20.1 Å². The van der Waals surface area contributed by atoms with Crippen LogP contribution in [0.5, 0.6) is 0 Å². The second-order valence-corrected chi connectivity index (χ2v) is 7.96. The van der Waals surface area contributed by atoms with Crippen molar-refractivity contribution in [3.8, 4) is 0 Å². The second kappa shape index (κ2) is 7.95. The van der Waals surface area contributed by atoms with Gasteiger partial charge in [0.2, 0.25) is 10.0 Å². The number of fused-ring (bicyclic) bond motifs is 1. The Morgan fingerprint density at radius 3 is 2.42 bits per heavy atom. The summed E-state index contributed by atoms with van der Waals surface area (Å²) >= 11 is 0. The number of nitrogens with one attached hydrogen (secondary N) is 1. The molecule has 0 heterocycles. The molecule has 136 valence electrons. The molecule has 0 aromatic heterocycles. The molecule has 26 heavy (non-hydrogen) atoms. The maximum Gasteiger partial charge on any atom is 0.215 e. The Labute approximate surface area is 152 Å². The molecule has 6 heteroatoms. The molecule has 2 N–H and O–H groups in total. The van der Waals surface area contributed by atoms with Crippen molar-refractivity contribution < 1.29 is 17.9 Å². The van der Waals surface area contributed by atoms with Gasteiger partial charge in [0.1, 0.15) is 5.82 Å². The Morgan fingerprint density at radius 1 is 0.962 bits per heavy atom. The molecular weight excluding hydrogens is 353 g/mol. The smallest absolute Gasteiger partial charge is 0.215 e. The fraction of sp³-hybridized carbons (Fsp3) is 0.200. The quantitative estimate of drug-likeness (QED) is 0.666. The van der Waals surface area contributed by atoms with E-state index in [0.717, 1.165) is 16.3 Å². The maximum atomic E-state index is 12.9. The van der Waals surface area contributed by atoms with E-state index in [1.54, 1.807) is 0 Å². The van der Waals surface area contributed by atoms with Crippen molar-refractivity contribution in [3.63, 3.8) is 0 Å². The maximum absolute atomic E-state index is 12.9. The van der Waals surface area contributed by atoms with Crippen LogP contribution in [0.2, 0.25) is 0 Å². The topological polar surface area (TPSA) is 66.4 Å². The Bertz CT molecular complexity index is 982. The van der Waals surface area contributed by atoms with Crippen molar-refractivity contribution in [3.05, 3.63) is 83.7 Å². The van der Waals surface area contributed by atoms with Gasteiger partial charge in [-0.3, -0.25) is 0 Å². The number of aliphatic hydroxyl groups excluding tert-OH is 1. The lowest BCUT2D eigenvalue weighted by atomic mass is 9.99. The van der Waals surface area contributed by atoms with Gasteiger partial charge in [-0.25, -0.2) is 17.5 Å². The van der Waals surface area contributed by atoms with E-state index in [1.165, 1.54) is 24.3 Å². The predicted molar refractivity (Wildman–Crippen MR) is 101 cm³/mol. The van der Waals surface area contributed by atoms with E-state index in [0.29, 0.717) is 5.56 Å².